The summed E-state index contributed by atoms with van der Waals surface area (Å²) in [6.45, 7) is 3.81. The molecule has 4 rings (SSSR count). The molecule has 0 atom stereocenters. The molecule has 0 fully saturated rings. The fraction of sp³-hybridized carbons (Fsp3) is 0.250. The van der Waals surface area contributed by atoms with Crippen molar-refractivity contribution in [1.82, 2.24) is 24.7 Å². The van der Waals surface area contributed by atoms with Crippen molar-refractivity contribution < 1.29 is 18.0 Å². The molecule has 0 radical (unpaired) electrons. The van der Waals surface area contributed by atoms with Gasteiger partial charge >= 0.3 is 6.18 Å². The Morgan fingerprint density at radius 3 is 2.73 bits per heavy atom. The Kier molecular flexibility index (Phi) is 6.01. The maximum absolute atomic E-state index is 12.8. The number of hydrogen-bond donors (Lipinski definition) is 2. The van der Waals surface area contributed by atoms with Crippen LogP contribution in [-0.4, -0.2) is 36.4 Å². The zero-order valence-electron chi connectivity index (χ0n) is 17.6. The van der Waals surface area contributed by atoms with Crippen LogP contribution in [0.3, 0.4) is 0 Å². The minimum absolute atomic E-state index is 0.0251. The van der Waals surface area contributed by atoms with Crippen LogP contribution in [0, 0.1) is 13.8 Å². The highest BCUT2D eigenvalue weighted by Crippen LogP contribution is 2.30. The molecular weight excluding hydrogens is 477 g/mol. The molecule has 0 aliphatic rings. The van der Waals surface area contributed by atoms with Gasteiger partial charge in [-0.15, -0.1) is 21.5 Å². The first kappa shape index (κ1) is 23.0. The predicted octanol–water partition coefficient (Wildman–Crippen LogP) is 4.15. The maximum Gasteiger partial charge on any atom is 0.451 e. The van der Waals surface area contributed by atoms with Gasteiger partial charge in [0.1, 0.15) is 10.7 Å². The fourth-order valence-corrected chi connectivity index (χ4v) is 4.89. The van der Waals surface area contributed by atoms with E-state index in [0.717, 1.165) is 26.8 Å². The summed E-state index contributed by atoms with van der Waals surface area (Å²) < 4.78 is 39.3. The SMILES string of the molecule is Cc1sc2nc(-c3cccc(NC(=O)CSc4nnc(C(F)(F)F)n4C)c3)[nH]c(=O)c2c1C. The van der Waals surface area contributed by atoms with E-state index in [4.69, 9.17) is 0 Å². The molecule has 1 amide bonds. The van der Waals surface area contributed by atoms with Crippen LogP contribution in [0.25, 0.3) is 21.6 Å². The number of nitrogens with zero attached hydrogens (tertiary/aromatic N) is 4. The van der Waals surface area contributed by atoms with Crippen LogP contribution in [-0.2, 0) is 18.0 Å². The second-order valence-corrected chi connectivity index (χ2v) is 9.30. The molecule has 0 unspecified atom stereocenters. The molecule has 4 aromatic rings. The van der Waals surface area contributed by atoms with Crippen molar-refractivity contribution >= 4 is 44.9 Å². The molecule has 1 aromatic carbocycles. The average Bonchev–Trinajstić information content (AvgIpc) is 3.25. The van der Waals surface area contributed by atoms with Crippen LogP contribution in [0.5, 0.6) is 0 Å². The first-order valence-corrected chi connectivity index (χ1v) is 11.3. The lowest BCUT2D eigenvalue weighted by Crippen LogP contribution is -2.15. The number of aromatic amines is 1. The number of thiophene rings is 1. The number of aromatic nitrogens is 5. The molecule has 13 heteroatoms. The first-order valence-electron chi connectivity index (χ1n) is 9.54. The molecule has 3 heterocycles. The van der Waals surface area contributed by atoms with Gasteiger partial charge in [0.15, 0.2) is 5.16 Å². The third kappa shape index (κ3) is 4.64. The van der Waals surface area contributed by atoms with E-state index in [1.165, 1.54) is 18.4 Å². The van der Waals surface area contributed by atoms with Gasteiger partial charge in [0.2, 0.25) is 11.7 Å². The van der Waals surface area contributed by atoms with E-state index in [2.05, 4.69) is 25.5 Å². The first-order chi connectivity index (χ1) is 15.5. The number of rotatable bonds is 5. The predicted molar refractivity (Wildman–Crippen MR) is 121 cm³/mol. The molecule has 0 aliphatic carbocycles. The molecule has 0 saturated carbocycles. The monoisotopic (exact) mass is 494 g/mol. The molecule has 0 bridgehead atoms. The summed E-state index contributed by atoms with van der Waals surface area (Å²) in [4.78, 5) is 33.9. The number of benzene rings is 1. The Hall–Kier alpha value is -3.19. The maximum atomic E-state index is 12.8. The highest BCUT2D eigenvalue weighted by atomic mass is 32.2. The summed E-state index contributed by atoms with van der Waals surface area (Å²) in [6, 6.07) is 6.77. The third-order valence-electron chi connectivity index (χ3n) is 4.88. The number of nitrogens with one attached hydrogen (secondary N) is 2. The summed E-state index contributed by atoms with van der Waals surface area (Å²) in [7, 11) is 1.19. The van der Waals surface area contributed by atoms with Crippen LogP contribution in [0.4, 0.5) is 18.9 Å². The fourth-order valence-electron chi connectivity index (χ4n) is 3.15. The number of carbonyl (C=O) groups is 1. The molecular formula is C20H17F3N6O2S2. The van der Waals surface area contributed by atoms with Crippen molar-refractivity contribution in [3.05, 3.63) is 50.9 Å². The lowest BCUT2D eigenvalue weighted by molar-refractivity contribution is -0.147. The Morgan fingerprint density at radius 1 is 1.27 bits per heavy atom. The summed E-state index contributed by atoms with van der Waals surface area (Å²) in [5.41, 5.74) is 1.73. The average molecular weight is 495 g/mol. The molecule has 8 nitrogen and oxygen atoms in total. The van der Waals surface area contributed by atoms with Crippen LogP contribution in [0.2, 0.25) is 0 Å². The summed E-state index contributed by atoms with van der Waals surface area (Å²) in [5.74, 6) is -1.36. The van der Waals surface area contributed by atoms with Crippen LogP contribution in [0.15, 0.2) is 34.2 Å². The smallest absolute Gasteiger partial charge is 0.325 e. The Bertz CT molecular complexity index is 1420. The lowest BCUT2D eigenvalue weighted by Gasteiger charge is -2.08. The molecule has 0 spiro atoms. The molecule has 0 aliphatic heterocycles. The number of hydrogen-bond acceptors (Lipinski definition) is 7. The van der Waals surface area contributed by atoms with Gasteiger partial charge in [-0.2, -0.15) is 13.2 Å². The van der Waals surface area contributed by atoms with Gasteiger partial charge in [0, 0.05) is 23.2 Å². The lowest BCUT2D eigenvalue weighted by atomic mass is 10.1. The number of carbonyl (C=O) groups excluding carboxylic acids is 1. The van der Waals surface area contributed by atoms with E-state index >= 15 is 0 Å². The van der Waals surface area contributed by atoms with Crippen molar-refractivity contribution in [3.8, 4) is 11.4 Å². The van der Waals surface area contributed by atoms with Gasteiger partial charge in [-0.25, -0.2) is 4.98 Å². The largest absolute Gasteiger partial charge is 0.451 e. The number of anilines is 1. The van der Waals surface area contributed by atoms with Gasteiger partial charge in [-0.05, 0) is 31.5 Å². The Morgan fingerprint density at radius 2 is 2.03 bits per heavy atom. The number of alkyl halides is 3. The quantitative estimate of drug-likeness (QED) is 0.404. The van der Waals surface area contributed by atoms with E-state index in [1.54, 1.807) is 24.3 Å². The molecule has 3 aromatic heterocycles. The van der Waals surface area contributed by atoms with Gasteiger partial charge in [-0.1, -0.05) is 23.9 Å². The second-order valence-electron chi connectivity index (χ2n) is 7.16. The molecule has 33 heavy (non-hydrogen) atoms. The van der Waals surface area contributed by atoms with Gasteiger partial charge < -0.3 is 14.9 Å². The minimum atomic E-state index is -4.62. The number of amides is 1. The van der Waals surface area contributed by atoms with Gasteiger partial charge in [0.25, 0.3) is 5.56 Å². The van der Waals surface area contributed by atoms with E-state index in [0.29, 0.717) is 27.3 Å². The van der Waals surface area contributed by atoms with Crippen molar-refractivity contribution in [2.45, 2.75) is 25.2 Å². The highest BCUT2D eigenvalue weighted by Gasteiger charge is 2.37. The number of H-pyrrole nitrogens is 1. The van der Waals surface area contributed by atoms with Crippen LogP contribution in [0.1, 0.15) is 16.3 Å². The number of fused-ring (bicyclic) bond motifs is 1. The molecule has 172 valence electrons. The summed E-state index contributed by atoms with van der Waals surface area (Å²) in [6.07, 6.45) is -4.62. The topological polar surface area (TPSA) is 106 Å². The number of halogens is 3. The normalized spacial score (nSPS) is 11.8. The second kappa shape index (κ2) is 8.63. The van der Waals surface area contributed by atoms with Crippen molar-refractivity contribution in [3.63, 3.8) is 0 Å². The van der Waals surface area contributed by atoms with Gasteiger partial charge in [-0.3, -0.25) is 9.59 Å². The van der Waals surface area contributed by atoms with Crippen molar-refractivity contribution in [1.29, 1.82) is 0 Å². The summed E-state index contributed by atoms with van der Waals surface area (Å²) in [5, 5.41) is 9.85. The summed E-state index contributed by atoms with van der Waals surface area (Å²) >= 11 is 2.28. The standard InChI is InChI=1S/C20H17F3N6O2S2/c1-9-10(2)33-17-14(9)16(31)25-15(26-17)11-5-4-6-12(7-11)24-13(30)8-32-19-28-27-18(29(19)3)20(21,22)23/h4-7H,8H2,1-3H3,(H,24,30)(H,25,26,31). The zero-order valence-corrected chi connectivity index (χ0v) is 19.2. The Labute approximate surface area is 193 Å². The van der Waals surface area contributed by atoms with Crippen molar-refractivity contribution in [2.24, 2.45) is 7.05 Å². The minimum Gasteiger partial charge on any atom is -0.325 e. The molecule has 0 saturated heterocycles. The van der Waals surface area contributed by atoms with Crippen molar-refractivity contribution in [2.75, 3.05) is 11.1 Å². The number of thioether (sulfide) groups is 1. The van der Waals surface area contributed by atoms with Crippen LogP contribution >= 0.6 is 23.1 Å². The van der Waals surface area contributed by atoms with Gasteiger partial charge in [0.05, 0.1) is 11.1 Å². The number of aryl methyl sites for hydroxylation is 2. The highest BCUT2D eigenvalue weighted by molar-refractivity contribution is 7.99. The van der Waals surface area contributed by atoms with E-state index in [9.17, 15) is 22.8 Å². The zero-order chi connectivity index (χ0) is 23.9. The van der Waals surface area contributed by atoms with E-state index < -0.39 is 17.9 Å². The third-order valence-corrected chi connectivity index (χ3v) is 7.00. The van der Waals surface area contributed by atoms with E-state index in [-0.39, 0.29) is 16.5 Å². The van der Waals surface area contributed by atoms with Crippen LogP contribution < -0.4 is 10.9 Å². The Balaban J connectivity index is 1.49. The van der Waals surface area contributed by atoms with E-state index in [1.807, 2.05) is 13.8 Å². The molecule has 2 N–H and O–H groups in total.